The largest absolute Gasteiger partial charge is 0.378 e. The maximum absolute atomic E-state index is 11.5. The van der Waals surface area contributed by atoms with Crippen molar-refractivity contribution in [3.63, 3.8) is 0 Å². The smallest absolute Gasteiger partial charge is 0.274 e. The lowest BCUT2D eigenvalue weighted by Crippen LogP contribution is -2.37. The molecule has 0 radical (unpaired) electrons. The summed E-state index contributed by atoms with van der Waals surface area (Å²) in [6.07, 6.45) is 1.84. The van der Waals surface area contributed by atoms with Gasteiger partial charge in [0.05, 0.1) is 19.5 Å². The van der Waals surface area contributed by atoms with Crippen LogP contribution in [0.4, 0.5) is 5.95 Å². The van der Waals surface area contributed by atoms with Gasteiger partial charge in [0.25, 0.3) is 5.91 Å². The Labute approximate surface area is 215 Å². The molecule has 5 rings (SSSR count). The monoisotopic (exact) mass is 501 g/mol. The molecule has 0 aliphatic carbocycles. The highest BCUT2D eigenvalue weighted by atomic mass is 16.5. The van der Waals surface area contributed by atoms with Crippen LogP contribution in [-0.2, 0) is 17.8 Å². The van der Waals surface area contributed by atoms with Crippen LogP contribution < -0.4 is 15.7 Å². The molecule has 1 fully saturated rings. The van der Waals surface area contributed by atoms with E-state index in [4.69, 9.17) is 24.9 Å². The Morgan fingerprint density at radius 1 is 1.05 bits per heavy atom. The van der Waals surface area contributed by atoms with E-state index in [0.29, 0.717) is 37.8 Å². The minimum atomic E-state index is -0.523. The summed E-state index contributed by atoms with van der Waals surface area (Å²) >= 11 is 0. The molecule has 3 heterocycles. The van der Waals surface area contributed by atoms with Gasteiger partial charge in [-0.15, -0.1) is 0 Å². The number of hydrogen-bond donors (Lipinski definition) is 3. The van der Waals surface area contributed by atoms with Gasteiger partial charge in [-0.25, -0.2) is 15.4 Å². The third-order valence-electron chi connectivity index (χ3n) is 6.44. The van der Waals surface area contributed by atoms with Crippen molar-refractivity contribution in [3.8, 4) is 11.3 Å². The zero-order valence-corrected chi connectivity index (χ0v) is 21.0. The van der Waals surface area contributed by atoms with Crippen molar-refractivity contribution in [1.29, 1.82) is 0 Å². The van der Waals surface area contributed by atoms with Gasteiger partial charge in [-0.3, -0.25) is 10.0 Å². The fraction of sp³-hybridized carbons (Fsp3) is 0.333. The lowest BCUT2D eigenvalue weighted by molar-refractivity contribution is 0.0706. The molecule has 37 heavy (non-hydrogen) atoms. The number of amides is 1. The van der Waals surface area contributed by atoms with Crippen LogP contribution in [0.3, 0.4) is 0 Å². The Morgan fingerprint density at radius 3 is 2.54 bits per heavy atom. The number of nitrogens with one attached hydrogen (secondary N) is 2. The summed E-state index contributed by atoms with van der Waals surface area (Å²) in [5, 5.41) is 12.2. The van der Waals surface area contributed by atoms with Crippen LogP contribution in [0, 0.1) is 0 Å². The van der Waals surface area contributed by atoms with Gasteiger partial charge >= 0.3 is 0 Å². The van der Waals surface area contributed by atoms with Gasteiger partial charge in [0.15, 0.2) is 5.65 Å². The molecular weight excluding hydrogens is 470 g/mol. The normalized spacial score (nSPS) is 13.9. The van der Waals surface area contributed by atoms with Gasteiger partial charge < -0.3 is 19.5 Å². The van der Waals surface area contributed by atoms with E-state index in [1.165, 1.54) is 0 Å². The van der Waals surface area contributed by atoms with Crippen LogP contribution in [0.1, 0.15) is 41.4 Å². The number of fused-ring (bicyclic) bond motifs is 1. The first-order valence-electron chi connectivity index (χ1n) is 12.4. The van der Waals surface area contributed by atoms with E-state index in [9.17, 15) is 4.79 Å². The highest BCUT2D eigenvalue weighted by molar-refractivity contribution is 5.93. The molecule has 10 heteroatoms. The second-order valence-corrected chi connectivity index (χ2v) is 9.33. The van der Waals surface area contributed by atoms with Gasteiger partial charge in [-0.05, 0) is 43.2 Å². The maximum atomic E-state index is 11.5. The van der Waals surface area contributed by atoms with Crippen molar-refractivity contribution in [3.05, 3.63) is 71.5 Å². The predicted molar refractivity (Wildman–Crippen MR) is 140 cm³/mol. The molecule has 0 spiro atoms. The number of imidazole rings is 1. The van der Waals surface area contributed by atoms with Crippen molar-refractivity contribution >= 4 is 23.0 Å². The Bertz CT molecular complexity index is 1380. The first-order chi connectivity index (χ1) is 18.0. The van der Waals surface area contributed by atoms with E-state index in [0.717, 1.165) is 46.6 Å². The molecule has 192 valence electrons. The van der Waals surface area contributed by atoms with E-state index >= 15 is 0 Å². The first kappa shape index (κ1) is 24.8. The quantitative estimate of drug-likeness (QED) is 0.249. The Hall–Kier alpha value is -3.86. The Morgan fingerprint density at radius 2 is 1.81 bits per heavy atom. The van der Waals surface area contributed by atoms with Crippen molar-refractivity contribution in [1.82, 2.24) is 30.3 Å². The number of hydroxylamine groups is 1. The molecule has 1 amide bonds. The molecule has 10 nitrogen and oxygen atoms in total. The summed E-state index contributed by atoms with van der Waals surface area (Å²) in [4.78, 5) is 28.2. The number of nitrogens with zero attached hydrogens (tertiary/aromatic N) is 5. The molecule has 0 unspecified atom stereocenters. The molecule has 2 aromatic carbocycles. The van der Waals surface area contributed by atoms with Crippen molar-refractivity contribution in [2.45, 2.75) is 33.0 Å². The van der Waals surface area contributed by atoms with Crippen molar-refractivity contribution in [2.24, 2.45) is 0 Å². The number of morpholine rings is 1. The Kier molecular flexibility index (Phi) is 7.40. The van der Waals surface area contributed by atoms with E-state index in [1.807, 2.05) is 24.5 Å². The van der Waals surface area contributed by atoms with E-state index in [2.05, 4.69) is 46.8 Å². The summed E-state index contributed by atoms with van der Waals surface area (Å²) in [5.41, 5.74) is 7.67. The molecule has 0 atom stereocenters. The van der Waals surface area contributed by atoms with Crippen LogP contribution >= 0.6 is 0 Å². The number of benzene rings is 2. The van der Waals surface area contributed by atoms with Gasteiger partial charge in [0.1, 0.15) is 11.2 Å². The molecule has 0 saturated carbocycles. The number of ether oxygens (including phenoxy) is 1. The molecule has 2 aromatic heterocycles. The summed E-state index contributed by atoms with van der Waals surface area (Å²) < 4.78 is 7.62. The van der Waals surface area contributed by atoms with E-state index in [-0.39, 0.29) is 6.04 Å². The molecule has 4 aromatic rings. The standard InChI is InChI=1S/C27H31N7O3/c1-18(2)34-17-29-24-23(30-27(31-25(24)34)33-10-12-37-13-11-33)22-5-3-4-20(14-22)16-28-15-19-6-8-21(9-7-19)26(35)32-36/h3-9,14,17-18,28,36H,10-13,15-16H2,1-2H3,(H,32,35). The Balaban J connectivity index is 1.38. The number of carbonyl (C=O) groups excluding carboxylic acids is 1. The third kappa shape index (κ3) is 5.46. The maximum Gasteiger partial charge on any atom is 0.274 e. The van der Waals surface area contributed by atoms with Crippen LogP contribution in [0.2, 0.25) is 0 Å². The fourth-order valence-electron chi connectivity index (χ4n) is 4.41. The van der Waals surface area contributed by atoms with E-state index < -0.39 is 5.91 Å². The summed E-state index contributed by atoms with van der Waals surface area (Å²) in [5.74, 6) is 0.181. The third-order valence-corrected chi connectivity index (χ3v) is 6.44. The number of carbonyl (C=O) groups is 1. The molecule has 3 N–H and O–H groups in total. The zero-order valence-electron chi connectivity index (χ0n) is 21.0. The minimum absolute atomic E-state index is 0.230. The second kappa shape index (κ2) is 11.0. The number of hydrogen-bond acceptors (Lipinski definition) is 8. The highest BCUT2D eigenvalue weighted by Gasteiger charge is 2.21. The van der Waals surface area contributed by atoms with Crippen LogP contribution in [0.15, 0.2) is 54.9 Å². The van der Waals surface area contributed by atoms with Crippen LogP contribution in [-0.4, -0.2) is 56.9 Å². The van der Waals surface area contributed by atoms with Gasteiger partial charge in [-0.1, -0.05) is 30.3 Å². The molecule has 1 aliphatic rings. The van der Waals surface area contributed by atoms with E-state index in [1.54, 1.807) is 17.6 Å². The van der Waals surface area contributed by atoms with Crippen molar-refractivity contribution in [2.75, 3.05) is 31.2 Å². The molecule has 0 bridgehead atoms. The fourth-order valence-corrected chi connectivity index (χ4v) is 4.41. The lowest BCUT2D eigenvalue weighted by atomic mass is 10.1. The van der Waals surface area contributed by atoms with Crippen molar-refractivity contribution < 1.29 is 14.7 Å². The van der Waals surface area contributed by atoms with Gasteiger partial charge in [-0.2, -0.15) is 4.98 Å². The average Bonchev–Trinajstić information content (AvgIpc) is 3.38. The first-order valence-corrected chi connectivity index (χ1v) is 12.4. The van der Waals surface area contributed by atoms with Gasteiger partial charge in [0, 0.05) is 43.3 Å². The number of aromatic nitrogens is 4. The summed E-state index contributed by atoms with van der Waals surface area (Å²) in [7, 11) is 0. The highest BCUT2D eigenvalue weighted by Crippen LogP contribution is 2.29. The predicted octanol–water partition coefficient (Wildman–Crippen LogP) is 3.32. The zero-order chi connectivity index (χ0) is 25.8. The minimum Gasteiger partial charge on any atom is -0.378 e. The molecule has 1 aliphatic heterocycles. The second-order valence-electron chi connectivity index (χ2n) is 9.33. The number of rotatable bonds is 8. The molecule has 1 saturated heterocycles. The molecular formula is C27H31N7O3. The lowest BCUT2D eigenvalue weighted by Gasteiger charge is -2.27. The summed E-state index contributed by atoms with van der Waals surface area (Å²) in [6.45, 7) is 8.40. The average molecular weight is 502 g/mol. The van der Waals surface area contributed by atoms with Crippen LogP contribution in [0.25, 0.3) is 22.4 Å². The number of anilines is 1. The van der Waals surface area contributed by atoms with Crippen LogP contribution in [0.5, 0.6) is 0 Å². The van der Waals surface area contributed by atoms with Gasteiger partial charge in [0.2, 0.25) is 5.95 Å². The SMILES string of the molecule is CC(C)n1cnc2c(-c3cccc(CNCc4ccc(C(=O)NO)cc4)c3)nc(N3CCOCC3)nc21. The topological polar surface area (TPSA) is 117 Å². The summed E-state index contributed by atoms with van der Waals surface area (Å²) in [6, 6.07) is 15.7.